The van der Waals surface area contributed by atoms with Gasteiger partial charge >= 0.3 is 0 Å². The van der Waals surface area contributed by atoms with E-state index < -0.39 is 0 Å². The van der Waals surface area contributed by atoms with Gasteiger partial charge in [0.15, 0.2) is 0 Å². The number of amides is 2. The van der Waals surface area contributed by atoms with Crippen LogP contribution in [-0.2, 0) is 16.1 Å². The Labute approximate surface area is 143 Å². The molecule has 24 heavy (non-hydrogen) atoms. The zero-order chi connectivity index (χ0) is 17.3. The summed E-state index contributed by atoms with van der Waals surface area (Å²) in [4.78, 5) is 31.5. The lowest BCUT2D eigenvalue weighted by atomic mass is 9.76. The lowest BCUT2D eigenvalue weighted by Gasteiger charge is -2.29. The third kappa shape index (κ3) is 3.19. The van der Waals surface area contributed by atoms with Crippen LogP contribution in [0.5, 0.6) is 0 Å². The summed E-state index contributed by atoms with van der Waals surface area (Å²) in [6.07, 6.45) is 7.97. The number of aryl methyl sites for hydroxylation is 1. The first-order valence-electron chi connectivity index (χ1n) is 8.97. The summed E-state index contributed by atoms with van der Waals surface area (Å²) in [5, 5.41) is 3.06. The van der Waals surface area contributed by atoms with Gasteiger partial charge in [-0.15, -0.1) is 0 Å². The zero-order valence-corrected chi connectivity index (χ0v) is 14.9. The van der Waals surface area contributed by atoms with Crippen LogP contribution in [0.2, 0.25) is 0 Å². The molecule has 2 aliphatic rings. The van der Waals surface area contributed by atoms with Crippen LogP contribution < -0.4 is 5.32 Å². The highest BCUT2D eigenvalue weighted by Gasteiger charge is 2.52. The van der Waals surface area contributed by atoms with Crippen LogP contribution in [0.15, 0.2) is 12.4 Å². The topological polar surface area (TPSA) is 67.2 Å². The predicted octanol–water partition coefficient (Wildman–Crippen LogP) is 1.73. The van der Waals surface area contributed by atoms with Gasteiger partial charge in [0.05, 0.1) is 5.92 Å². The van der Waals surface area contributed by atoms with Gasteiger partial charge in [-0.2, -0.15) is 0 Å². The van der Waals surface area contributed by atoms with Crippen molar-refractivity contribution in [1.29, 1.82) is 0 Å². The number of carbonyl (C=O) groups excluding carboxylic acids is 2. The van der Waals surface area contributed by atoms with Crippen molar-refractivity contribution < 1.29 is 9.59 Å². The van der Waals surface area contributed by atoms with Crippen molar-refractivity contribution >= 4 is 11.8 Å². The van der Waals surface area contributed by atoms with Crippen molar-refractivity contribution in [3.63, 3.8) is 0 Å². The number of nitrogens with one attached hydrogen (secondary N) is 1. The Kier molecular flexibility index (Phi) is 4.65. The Bertz CT molecular complexity index is 616. The average molecular weight is 332 g/mol. The summed E-state index contributed by atoms with van der Waals surface area (Å²) in [5.74, 6) is 0.964. The number of hydrogen-bond acceptors (Lipinski definition) is 3. The molecule has 1 unspecified atom stereocenters. The average Bonchev–Trinajstić information content (AvgIpc) is 3.22. The molecular weight excluding hydrogens is 304 g/mol. The van der Waals surface area contributed by atoms with Crippen LogP contribution >= 0.6 is 0 Å². The SMILES string of the molecule is Cc1nccn1CC(=O)N1CC(C(=O)NC(C)C)C2(CCCC2)C1. The summed E-state index contributed by atoms with van der Waals surface area (Å²) in [6, 6.07) is 0.134. The molecule has 0 bridgehead atoms. The molecule has 6 heteroatoms. The Hall–Kier alpha value is -1.85. The fourth-order valence-corrected chi connectivity index (χ4v) is 4.31. The van der Waals surface area contributed by atoms with Crippen LogP contribution in [0.25, 0.3) is 0 Å². The van der Waals surface area contributed by atoms with Gasteiger partial charge in [-0.1, -0.05) is 12.8 Å². The number of nitrogens with zero attached hydrogens (tertiary/aromatic N) is 3. The van der Waals surface area contributed by atoms with Gasteiger partial charge < -0.3 is 14.8 Å². The van der Waals surface area contributed by atoms with Crippen molar-refractivity contribution in [1.82, 2.24) is 19.8 Å². The van der Waals surface area contributed by atoms with E-state index in [0.29, 0.717) is 13.1 Å². The van der Waals surface area contributed by atoms with Crippen LogP contribution in [0.3, 0.4) is 0 Å². The molecule has 1 saturated heterocycles. The monoisotopic (exact) mass is 332 g/mol. The maximum Gasteiger partial charge on any atom is 0.242 e. The number of aromatic nitrogens is 2. The molecule has 1 aromatic rings. The van der Waals surface area contributed by atoms with Gasteiger partial charge in [-0.3, -0.25) is 9.59 Å². The summed E-state index contributed by atoms with van der Waals surface area (Å²) < 4.78 is 1.87. The molecule has 1 aromatic heterocycles. The summed E-state index contributed by atoms with van der Waals surface area (Å²) in [6.45, 7) is 7.44. The van der Waals surface area contributed by atoms with Crippen LogP contribution in [-0.4, -0.2) is 45.4 Å². The molecule has 1 atom stereocenters. The van der Waals surface area contributed by atoms with Crippen molar-refractivity contribution in [2.45, 2.75) is 59.0 Å². The molecule has 132 valence electrons. The Morgan fingerprint density at radius 2 is 2.08 bits per heavy atom. The van der Waals surface area contributed by atoms with Crippen LogP contribution in [0.1, 0.15) is 45.4 Å². The number of hydrogen-bond donors (Lipinski definition) is 1. The van der Waals surface area contributed by atoms with Crippen molar-refractivity contribution in [3.8, 4) is 0 Å². The molecule has 1 saturated carbocycles. The lowest BCUT2D eigenvalue weighted by molar-refractivity contribution is -0.131. The van der Waals surface area contributed by atoms with Crippen molar-refractivity contribution in [2.75, 3.05) is 13.1 Å². The molecular formula is C18H28N4O2. The van der Waals surface area contributed by atoms with E-state index in [1.165, 1.54) is 0 Å². The molecule has 1 N–H and O–H groups in total. The third-order valence-corrected chi connectivity index (χ3v) is 5.58. The first-order chi connectivity index (χ1) is 11.4. The number of imidazole rings is 1. The van der Waals surface area contributed by atoms with E-state index >= 15 is 0 Å². The molecule has 1 aliphatic heterocycles. The van der Waals surface area contributed by atoms with E-state index in [0.717, 1.165) is 38.1 Å². The third-order valence-electron chi connectivity index (χ3n) is 5.58. The molecule has 2 amide bonds. The van der Waals surface area contributed by atoms with Gasteiger partial charge in [0, 0.05) is 36.9 Å². The Balaban J connectivity index is 1.73. The molecule has 3 rings (SSSR count). The van der Waals surface area contributed by atoms with Crippen molar-refractivity contribution in [2.24, 2.45) is 11.3 Å². The molecule has 1 aliphatic carbocycles. The molecule has 0 aromatic carbocycles. The summed E-state index contributed by atoms with van der Waals surface area (Å²) >= 11 is 0. The number of rotatable bonds is 4. The second-order valence-electron chi connectivity index (χ2n) is 7.66. The molecule has 2 heterocycles. The molecule has 6 nitrogen and oxygen atoms in total. The van der Waals surface area contributed by atoms with Gasteiger partial charge in [0.2, 0.25) is 11.8 Å². The highest BCUT2D eigenvalue weighted by molar-refractivity contribution is 5.83. The quantitative estimate of drug-likeness (QED) is 0.913. The summed E-state index contributed by atoms with van der Waals surface area (Å²) in [7, 11) is 0. The van der Waals surface area contributed by atoms with E-state index in [9.17, 15) is 9.59 Å². The largest absolute Gasteiger partial charge is 0.354 e. The van der Waals surface area contributed by atoms with E-state index in [1.54, 1.807) is 6.20 Å². The number of carbonyl (C=O) groups is 2. The van der Waals surface area contributed by atoms with Gasteiger partial charge in [-0.25, -0.2) is 4.98 Å². The van der Waals surface area contributed by atoms with E-state index in [-0.39, 0.29) is 29.2 Å². The molecule has 0 radical (unpaired) electrons. The minimum Gasteiger partial charge on any atom is -0.354 e. The summed E-state index contributed by atoms with van der Waals surface area (Å²) in [5.41, 5.74) is -0.0153. The maximum absolute atomic E-state index is 12.7. The fraction of sp³-hybridized carbons (Fsp3) is 0.722. The standard InChI is InChI=1S/C18H28N4O2/c1-13(2)20-17(24)15-10-22(12-18(15)6-4-5-7-18)16(23)11-21-9-8-19-14(21)3/h8-9,13,15H,4-7,10-12H2,1-3H3,(H,20,24). The van der Waals surface area contributed by atoms with E-state index in [4.69, 9.17) is 0 Å². The first kappa shape index (κ1) is 17.0. The first-order valence-corrected chi connectivity index (χ1v) is 8.97. The van der Waals surface area contributed by atoms with E-state index in [1.807, 2.05) is 36.4 Å². The normalized spacial score (nSPS) is 22.5. The maximum atomic E-state index is 12.7. The molecule has 2 fully saturated rings. The predicted molar refractivity (Wildman–Crippen MR) is 91.2 cm³/mol. The minimum atomic E-state index is -0.0739. The second-order valence-corrected chi connectivity index (χ2v) is 7.66. The minimum absolute atomic E-state index is 0.0153. The highest BCUT2D eigenvalue weighted by Crippen LogP contribution is 2.49. The van der Waals surface area contributed by atoms with Crippen molar-refractivity contribution in [3.05, 3.63) is 18.2 Å². The second kappa shape index (κ2) is 6.57. The Morgan fingerprint density at radius 3 is 2.67 bits per heavy atom. The van der Waals surface area contributed by atoms with Crippen LogP contribution in [0.4, 0.5) is 0 Å². The number of likely N-dealkylation sites (tertiary alicyclic amines) is 1. The highest BCUT2D eigenvalue weighted by atomic mass is 16.2. The van der Waals surface area contributed by atoms with Gasteiger partial charge in [0.1, 0.15) is 12.4 Å². The van der Waals surface area contributed by atoms with Gasteiger partial charge in [0.25, 0.3) is 0 Å². The fourth-order valence-electron chi connectivity index (χ4n) is 4.31. The van der Waals surface area contributed by atoms with Gasteiger partial charge in [-0.05, 0) is 33.6 Å². The lowest BCUT2D eigenvalue weighted by Crippen LogP contribution is -2.42. The van der Waals surface area contributed by atoms with Crippen LogP contribution in [0, 0.1) is 18.3 Å². The van der Waals surface area contributed by atoms with E-state index in [2.05, 4.69) is 10.3 Å². The zero-order valence-electron chi connectivity index (χ0n) is 14.9. The Morgan fingerprint density at radius 1 is 1.38 bits per heavy atom. The smallest absolute Gasteiger partial charge is 0.242 e. The molecule has 1 spiro atoms.